The number of hydrogen-bond donors (Lipinski definition) is 0. The van der Waals surface area contributed by atoms with Gasteiger partial charge in [0.25, 0.3) is 0 Å². The highest BCUT2D eigenvalue weighted by atomic mass is 28.4. The summed E-state index contributed by atoms with van der Waals surface area (Å²) in [7, 11) is -3.91. The molecule has 0 aliphatic carbocycles. The zero-order valence-corrected chi connectivity index (χ0v) is 33.3. The van der Waals surface area contributed by atoms with Crippen molar-refractivity contribution in [1.29, 1.82) is 0 Å². The summed E-state index contributed by atoms with van der Waals surface area (Å²) in [5.41, 5.74) is 4.89. The van der Waals surface area contributed by atoms with Gasteiger partial charge in [-0.15, -0.1) is 0 Å². The largest absolute Gasteiger partial charge is 0.500 e. The molecule has 0 amide bonds. The fourth-order valence-corrected chi connectivity index (χ4v) is 13.0. The van der Waals surface area contributed by atoms with E-state index in [1.807, 2.05) is 20.8 Å². The molecule has 2 aromatic carbocycles. The molecule has 2 heterocycles. The first kappa shape index (κ1) is 39.1. The molecule has 0 radical (unpaired) electrons. The minimum absolute atomic E-state index is 0.202. The minimum atomic E-state index is -2.73. The highest BCUT2D eigenvalue weighted by Crippen LogP contribution is 2.38. The van der Waals surface area contributed by atoms with E-state index in [9.17, 15) is 0 Å². The third kappa shape index (κ3) is 10.9. The van der Waals surface area contributed by atoms with E-state index >= 15 is 0 Å². The summed E-state index contributed by atoms with van der Waals surface area (Å²) < 4.78 is 42.0. The summed E-state index contributed by atoms with van der Waals surface area (Å²) in [5, 5.41) is 0. The van der Waals surface area contributed by atoms with Crippen molar-refractivity contribution in [2.45, 2.75) is 129 Å². The maximum absolute atomic E-state index is 6.34. The fourth-order valence-electron chi connectivity index (χ4n) is 6.90. The van der Waals surface area contributed by atoms with Crippen molar-refractivity contribution in [2.75, 3.05) is 46.2 Å². The molecule has 0 N–H and O–H groups in total. The molecule has 7 nitrogen and oxygen atoms in total. The molecule has 0 bridgehead atoms. The molecule has 2 unspecified atom stereocenters. The molecule has 2 atom stereocenters. The number of epoxide rings is 2. The zero-order valence-electron chi connectivity index (χ0n) is 31.3. The smallest absolute Gasteiger partial charge is 0.491 e. The van der Waals surface area contributed by atoms with E-state index in [0.29, 0.717) is 33.0 Å². The summed E-state index contributed by atoms with van der Waals surface area (Å²) >= 11 is 0. The van der Waals surface area contributed by atoms with Crippen LogP contribution in [0, 0.1) is 0 Å². The van der Waals surface area contributed by atoms with Crippen LogP contribution in [0.2, 0.25) is 30.2 Å². The molecule has 48 heavy (non-hydrogen) atoms. The summed E-state index contributed by atoms with van der Waals surface area (Å²) in [6.07, 6.45) is 4.46. The Morgan fingerprint density at radius 2 is 1.06 bits per heavy atom. The molecule has 0 aromatic heterocycles. The Bertz CT molecular complexity index is 1230. The maximum atomic E-state index is 6.34. The molecule has 2 aliphatic rings. The Labute approximate surface area is 293 Å². The molecular weight excluding hydrogens is 637 g/mol. The van der Waals surface area contributed by atoms with Crippen LogP contribution in [0.3, 0.4) is 0 Å². The first-order chi connectivity index (χ1) is 23.2. The predicted molar refractivity (Wildman–Crippen MR) is 200 cm³/mol. The number of rotatable bonds is 25. The van der Waals surface area contributed by atoms with Crippen molar-refractivity contribution in [3.8, 4) is 11.5 Å². The van der Waals surface area contributed by atoms with Crippen LogP contribution in [0.15, 0.2) is 36.4 Å². The SMILES string of the molecule is CCO[Si](CCCc1cc(C(C)(C)c2ccc(OCC3CO3)c(CCC[Si](CC)(CC)CC)c2)ccc1OCC1CO1)(OCC)OCC. The standard InChI is InChI=1S/C39H64O7Si2/c1-9-44-48(45-10-2,46-11-3)24-16-18-32-26-34(20-22-38(32)43-30-36-28-41-36)39(7,8)33-19-21-37(42-29-35-27-40-35)31(25-33)17-15-23-47(12-4,13-5)14-6/h19-22,25-26,35-36H,9-18,23-24,27-30H2,1-8H3. The quantitative estimate of drug-likeness (QED) is 0.0757. The second-order valence-electron chi connectivity index (χ2n) is 14.1. The van der Waals surface area contributed by atoms with E-state index < -0.39 is 16.9 Å². The first-order valence-corrected chi connectivity index (χ1v) is 23.6. The lowest BCUT2D eigenvalue weighted by atomic mass is 9.76. The van der Waals surface area contributed by atoms with Crippen LogP contribution < -0.4 is 9.47 Å². The molecule has 2 aromatic rings. The lowest BCUT2D eigenvalue weighted by Gasteiger charge is -2.30. The number of aryl methyl sites for hydroxylation is 2. The molecule has 2 saturated heterocycles. The molecular formula is C39H64O7Si2. The van der Waals surface area contributed by atoms with Crippen LogP contribution in [0.4, 0.5) is 0 Å². The van der Waals surface area contributed by atoms with Crippen LogP contribution in [0.5, 0.6) is 11.5 Å². The summed E-state index contributed by atoms with van der Waals surface area (Å²) in [6, 6.07) is 19.9. The van der Waals surface area contributed by atoms with Crippen LogP contribution in [0.1, 0.15) is 90.5 Å². The monoisotopic (exact) mass is 700 g/mol. The molecule has 0 spiro atoms. The van der Waals surface area contributed by atoms with Gasteiger partial charge in [0.1, 0.15) is 36.9 Å². The summed E-state index contributed by atoms with van der Waals surface area (Å²) in [5.74, 6) is 1.95. The van der Waals surface area contributed by atoms with Gasteiger partial charge in [-0.05, 0) is 74.4 Å². The second-order valence-corrected chi connectivity index (χ2v) is 22.4. The average molecular weight is 701 g/mol. The normalized spacial score (nSPS) is 17.8. The van der Waals surface area contributed by atoms with Crippen LogP contribution in [0.25, 0.3) is 0 Å². The lowest BCUT2D eigenvalue weighted by Crippen LogP contribution is -2.46. The van der Waals surface area contributed by atoms with Gasteiger partial charge in [-0.2, -0.15) is 0 Å². The Kier molecular flexibility index (Phi) is 15.1. The molecule has 270 valence electrons. The van der Waals surface area contributed by atoms with Gasteiger partial charge in [0.2, 0.25) is 0 Å². The van der Waals surface area contributed by atoms with Gasteiger partial charge in [0.15, 0.2) is 0 Å². The van der Waals surface area contributed by atoms with Gasteiger partial charge < -0.3 is 32.2 Å². The summed E-state index contributed by atoms with van der Waals surface area (Å²) in [4.78, 5) is 0. The van der Waals surface area contributed by atoms with Crippen molar-refractivity contribution in [1.82, 2.24) is 0 Å². The fraction of sp³-hybridized carbons (Fsp3) is 0.692. The van der Waals surface area contributed by atoms with Crippen molar-refractivity contribution < 1.29 is 32.2 Å². The molecule has 4 rings (SSSR count). The van der Waals surface area contributed by atoms with E-state index in [0.717, 1.165) is 50.0 Å². The molecule has 9 heteroatoms. The zero-order chi connectivity index (χ0) is 34.6. The van der Waals surface area contributed by atoms with Crippen LogP contribution in [-0.4, -0.2) is 75.3 Å². The van der Waals surface area contributed by atoms with Gasteiger partial charge in [0, 0.05) is 31.3 Å². The Morgan fingerprint density at radius 3 is 1.44 bits per heavy atom. The number of benzene rings is 2. The summed E-state index contributed by atoms with van der Waals surface area (Å²) in [6.45, 7) is 22.5. The lowest BCUT2D eigenvalue weighted by molar-refractivity contribution is 0.0708. The van der Waals surface area contributed by atoms with Crippen molar-refractivity contribution in [3.05, 3.63) is 58.7 Å². The topological polar surface area (TPSA) is 71.2 Å². The van der Waals surface area contributed by atoms with Gasteiger partial charge in [-0.25, -0.2) is 0 Å². The Hall–Kier alpha value is -1.73. The predicted octanol–water partition coefficient (Wildman–Crippen LogP) is 8.99. The number of hydrogen-bond acceptors (Lipinski definition) is 7. The van der Waals surface area contributed by atoms with Crippen molar-refractivity contribution in [3.63, 3.8) is 0 Å². The van der Waals surface area contributed by atoms with Gasteiger partial charge in [-0.3, -0.25) is 0 Å². The molecule has 2 aliphatic heterocycles. The third-order valence-electron chi connectivity index (χ3n) is 10.6. The highest BCUT2D eigenvalue weighted by Gasteiger charge is 2.40. The molecule has 0 saturated carbocycles. The number of ether oxygens (including phenoxy) is 4. The van der Waals surface area contributed by atoms with Crippen molar-refractivity contribution >= 4 is 16.9 Å². The van der Waals surface area contributed by atoms with E-state index in [-0.39, 0.29) is 17.6 Å². The minimum Gasteiger partial charge on any atom is -0.491 e. The second kappa shape index (κ2) is 18.5. The maximum Gasteiger partial charge on any atom is 0.500 e. The average Bonchev–Trinajstić information content (AvgIpc) is 4.02. The van der Waals surface area contributed by atoms with E-state index in [2.05, 4.69) is 71.0 Å². The van der Waals surface area contributed by atoms with E-state index in [4.69, 9.17) is 32.2 Å². The van der Waals surface area contributed by atoms with E-state index in [1.165, 1.54) is 52.9 Å². The van der Waals surface area contributed by atoms with Crippen molar-refractivity contribution in [2.24, 2.45) is 0 Å². The van der Waals surface area contributed by atoms with Gasteiger partial charge in [0.05, 0.1) is 21.3 Å². The Morgan fingerprint density at radius 1 is 0.646 bits per heavy atom. The van der Waals surface area contributed by atoms with E-state index in [1.54, 1.807) is 0 Å². The van der Waals surface area contributed by atoms with Gasteiger partial charge in [-0.1, -0.05) is 89.5 Å². The van der Waals surface area contributed by atoms with Gasteiger partial charge >= 0.3 is 8.80 Å². The third-order valence-corrected chi connectivity index (χ3v) is 19.7. The van der Waals surface area contributed by atoms with Crippen LogP contribution >= 0.6 is 0 Å². The van der Waals surface area contributed by atoms with Crippen LogP contribution in [-0.2, 0) is 41.0 Å². The first-order valence-electron chi connectivity index (χ1n) is 18.8. The Balaban J connectivity index is 1.57. The highest BCUT2D eigenvalue weighted by molar-refractivity contribution is 6.79. The molecule has 2 fully saturated rings.